The van der Waals surface area contributed by atoms with Crippen molar-refractivity contribution in [3.63, 3.8) is 0 Å². The summed E-state index contributed by atoms with van der Waals surface area (Å²) in [7, 11) is 0. The van der Waals surface area contributed by atoms with E-state index >= 15 is 14.4 Å². The number of carboxylic acid groups (broad SMARTS) is 2. The Morgan fingerprint density at radius 1 is 0.522 bits per heavy atom. The van der Waals surface area contributed by atoms with Crippen molar-refractivity contribution in [3.8, 4) is 0 Å². The van der Waals surface area contributed by atoms with Gasteiger partial charge in [0.15, 0.2) is 5.66 Å². The molecule has 6 rings (SSSR count). The molecule has 5 heterocycles. The maximum atomic E-state index is 15.4. The van der Waals surface area contributed by atoms with Gasteiger partial charge in [0.2, 0.25) is 47.0 Å². The fourth-order valence-corrected chi connectivity index (χ4v) is 10.6. The van der Waals surface area contributed by atoms with Crippen molar-refractivity contribution in [2.24, 2.45) is 0 Å². The lowest BCUT2D eigenvalue weighted by molar-refractivity contribution is -0.248. The van der Waals surface area contributed by atoms with Gasteiger partial charge < -0.3 is 15.5 Å². The van der Waals surface area contributed by atoms with Gasteiger partial charge in [0, 0.05) is 57.1 Å². The molecule has 0 bridgehead atoms. The van der Waals surface area contributed by atoms with Gasteiger partial charge in [0.05, 0.1) is 17.5 Å². The van der Waals surface area contributed by atoms with Crippen molar-refractivity contribution >= 4 is 76.9 Å². The van der Waals surface area contributed by atoms with E-state index in [1.54, 1.807) is 0 Å². The summed E-state index contributed by atoms with van der Waals surface area (Å²) in [6, 6.07) is 4.58. The Morgan fingerprint density at radius 2 is 0.928 bits per heavy atom. The second kappa shape index (κ2) is 21.6. The minimum absolute atomic E-state index is 0.0131. The highest BCUT2D eigenvalue weighted by Crippen LogP contribution is 2.56. The first-order valence-corrected chi connectivity index (χ1v) is 23.8. The predicted molar refractivity (Wildman–Crippen MR) is 237 cm³/mol. The van der Waals surface area contributed by atoms with E-state index in [2.05, 4.69) is 12.2 Å². The second-order valence-corrected chi connectivity index (χ2v) is 18.0. The largest absolute Gasteiger partial charge is 0.481 e. The number of carbonyl (C=O) groups is 13. The van der Waals surface area contributed by atoms with Crippen LogP contribution in [0.2, 0.25) is 0 Å². The number of amides is 11. The number of likely N-dealkylation sites (tertiary alicyclic amines) is 3. The molecule has 21 nitrogen and oxygen atoms in total. The molecule has 0 saturated carbocycles. The standard InChI is InChI=1S/C48H58N6O15/c1-2-3-4-5-6-7-8-9-10-11-12-13-14-15-21-33(55)49-47(45(68)69,52-40(62)28-29-41(52)63)48(53-34(56)22-18-23-35(53)57,54-43(66)31-19-16-17-20-32(31)44(54)67)46(30-42(64)65,50-36(58)24-25-37(50)59)51-38(60)26-27-39(51)61/h16-17,19-20,24-25H,2-15,18,21-23,26-30H2,1H3,(H,49,55)(H,64,65)(H,68,69). The number of nitrogens with zero attached hydrogens (tertiary/aromatic N) is 5. The summed E-state index contributed by atoms with van der Waals surface area (Å²) in [6.45, 7) is 2.17. The van der Waals surface area contributed by atoms with Crippen LogP contribution in [0.25, 0.3) is 0 Å². The molecular formula is C48H58N6O15. The van der Waals surface area contributed by atoms with Crippen molar-refractivity contribution in [2.45, 2.75) is 172 Å². The van der Waals surface area contributed by atoms with E-state index in [0.29, 0.717) is 25.0 Å². The van der Waals surface area contributed by atoms with Crippen LogP contribution in [0.1, 0.15) is 175 Å². The van der Waals surface area contributed by atoms with Crippen LogP contribution in [0.5, 0.6) is 0 Å². The van der Waals surface area contributed by atoms with Gasteiger partial charge in [0.1, 0.15) is 0 Å². The highest BCUT2D eigenvalue weighted by molar-refractivity contribution is 6.24. The fraction of sp³-hybridized carbons (Fsp3) is 0.562. The molecule has 21 heteroatoms. The molecule has 69 heavy (non-hydrogen) atoms. The van der Waals surface area contributed by atoms with Crippen LogP contribution in [0, 0.1) is 0 Å². The smallest absolute Gasteiger partial charge is 0.356 e. The summed E-state index contributed by atoms with van der Waals surface area (Å²) in [5, 5.41) is 25.3. The van der Waals surface area contributed by atoms with Gasteiger partial charge >= 0.3 is 11.9 Å². The summed E-state index contributed by atoms with van der Waals surface area (Å²) in [5.41, 5.74) is -14.1. The van der Waals surface area contributed by atoms with Crippen molar-refractivity contribution in [2.75, 3.05) is 0 Å². The van der Waals surface area contributed by atoms with Crippen LogP contribution < -0.4 is 5.32 Å². The van der Waals surface area contributed by atoms with Gasteiger partial charge in [-0.25, -0.2) is 24.4 Å². The minimum Gasteiger partial charge on any atom is -0.481 e. The van der Waals surface area contributed by atoms with Gasteiger partial charge in [0.25, 0.3) is 29.3 Å². The molecule has 5 aliphatic heterocycles. The van der Waals surface area contributed by atoms with E-state index in [0.717, 1.165) is 50.7 Å². The third-order valence-electron chi connectivity index (χ3n) is 13.6. The molecule has 370 valence electrons. The van der Waals surface area contributed by atoms with E-state index in [1.165, 1.54) is 44.2 Å². The van der Waals surface area contributed by atoms with E-state index < -0.39 is 156 Å². The zero-order chi connectivity index (χ0) is 50.3. The summed E-state index contributed by atoms with van der Waals surface area (Å²) in [4.78, 5) is 190. The minimum atomic E-state index is -4.44. The van der Waals surface area contributed by atoms with Crippen molar-refractivity contribution in [1.82, 2.24) is 29.8 Å². The topological polar surface area (TPSA) is 291 Å². The van der Waals surface area contributed by atoms with Crippen LogP contribution in [-0.2, 0) is 52.7 Å². The number of hydrogen-bond donors (Lipinski definition) is 3. The highest BCUT2D eigenvalue weighted by Gasteiger charge is 2.87. The van der Waals surface area contributed by atoms with Crippen molar-refractivity contribution < 1.29 is 72.5 Å². The first kappa shape index (κ1) is 51.5. The van der Waals surface area contributed by atoms with Gasteiger partial charge in [-0.3, -0.25) is 62.4 Å². The molecule has 0 aromatic heterocycles. The summed E-state index contributed by atoms with van der Waals surface area (Å²) < 4.78 is 0. The number of aliphatic carboxylic acids is 2. The van der Waals surface area contributed by atoms with E-state index in [9.17, 15) is 58.2 Å². The predicted octanol–water partition coefficient (Wildman–Crippen LogP) is 3.68. The zero-order valence-electron chi connectivity index (χ0n) is 38.7. The number of rotatable bonds is 26. The normalized spacial score (nSPS) is 20.0. The van der Waals surface area contributed by atoms with Crippen LogP contribution in [0.3, 0.4) is 0 Å². The average molecular weight is 959 g/mol. The number of carbonyl (C=O) groups excluding carboxylic acids is 11. The van der Waals surface area contributed by atoms with Crippen molar-refractivity contribution in [3.05, 3.63) is 47.5 Å². The molecule has 5 aliphatic rings. The van der Waals surface area contributed by atoms with Crippen LogP contribution >= 0.6 is 0 Å². The number of imide groups is 5. The highest BCUT2D eigenvalue weighted by atomic mass is 16.4. The monoisotopic (exact) mass is 958 g/mol. The molecule has 0 aliphatic carbocycles. The number of fused-ring (bicyclic) bond motifs is 1. The van der Waals surface area contributed by atoms with Gasteiger partial charge in [-0.05, 0) is 25.0 Å². The lowest BCUT2D eigenvalue weighted by Crippen LogP contribution is -2.98. The third kappa shape index (κ3) is 9.09. The van der Waals surface area contributed by atoms with Gasteiger partial charge in [-0.15, -0.1) is 0 Å². The Kier molecular flexibility index (Phi) is 16.1. The number of benzene rings is 1. The van der Waals surface area contributed by atoms with E-state index in [-0.39, 0.29) is 37.3 Å². The van der Waals surface area contributed by atoms with Crippen LogP contribution in [0.4, 0.5) is 0 Å². The van der Waals surface area contributed by atoms with E-state index in [1.807, 2.05) is 0 Å². The first-order valence-electron chi connectivity index (χ1n) is 23.8. The first-order chi connectivity index (χ1) is 32.9. The lowest BCUT2D eigenvalue weighted by Gasteiger charge is -2.66. The Labute approximate surface area is 397 Å². The number of hydrogen-bond acceptors (Lipinski definition) is 13. The maximum Gasteiger partial charge on any atom is 0.356 e. The fourth-order valence-electron chi connectivity index (χ4n) is 10.6. The zero-order valence-corrected chi connectivity index (χ0v) is 38.7. The molecule has 1 aromatic rings. The Balaban J connectivity index is 1.59. The molecule has 3 saturated heterocycles. The Bertz CT molecular complexity index is 2280. The number of piperidine rings is 1. The quantitative estimate of drug-likeness (QED) is 0.0882. The molecule has 11 amide bonds. The third-order valence-corrected chi connectivity index (χ3v) is 13.6. The summed E-state index contributed by atoms with van der Waals surface area (Å²) >= 11 is 0. The number of carboxylic acids is 2. The molecule has 3 fully saturated rings. The Hall–Kier alpha value is -6.93. The van der Waals surface area contributed by atoms with Crippen LogP contribution in [0.15, 0.2) is 36.4 Å². The van der Waals surface area contributed by atoms with E-state index in [4.69, 9.17) is 0 Å². The molecular weight excluding hydrogens is 901 g/mol. The molecule has 3 unspecified atom stereocenters. The molecule has 0 radical (unpaired) electrons. The van der Waals surface area contributed by atoms with Crippen molar-refractivity contribution in [1.29, 1.82) is 0 Å². The summed E-state index contributed by atoms with van der Waals surface area (Å²) in [5.74, 6) is -21.6. The van der Waals surface area contributed by atoms with Gasteiger partial charge in [-0.1, -0.05) is 103 Å². The molecule has 0 spiro atoms. The number of unbranched alkanes of at least 4 members (excludes halogenated alkanes) is 13. The lowest BCUT2D eigenvalue weighted by atomic mass is 9.70. The summed E-state index contributed by atoms with van der Waals surface area (Å²) in [6.07, 6.45) is 6.20. The number of nitrogens with one attached hydrogen (secondary N) is 1. The Morgan fingerprint density at radius 3 is 1.35 bits per heavy atom. The molecule has 3 N–H and O–H groups in total. The average Bonchev–Trinajstić information content (AvgIpc) is 4.02. The SMILES string of the molecule is CCCCCCCCCCCCCCCCC(=O)NC(C(=O)O)(N1C(=O)CCC1=O)C(N1C(=O)CCCC1=O)(N1C(=O)c2ccccc2C1=O)C(CC(=O)O)(N1C(=O)C=CC1=O)N1C(=O)CCC1=O. The molecule has 1 aromatic carbocycles. The van der Waals surface area contributed by atoms with Crippen LogP contribution in [-0.4, -0.2) is 129 Å². The molecule has 3 atom stereocenters. The second-order valence-electron chi connectivity index (χ2n) is 18.0. The van der Waals surface area contributed by atoms with Gasteiger partial charge in [-0.2, -0.15) is 0 Å². The maximum absolute atomic E-state index is 15.4.